The predicted molar refractivity (Wildman–Crippen MR) is 33.3 cm³/mol. The van der Waals surface area contributed by atoms with Crippen molar-refractivity contribution < 1.29 is 14.6 Å². The Balaban J connectivity index is 3.63. The Hall–Kier alpha value is -1.08. The van der Waals surface area contributed by atoms with E-state index < -0.39 is 12.1 Å². The van der Waals surface area contributed by atoms with Gasteiger partial charge in [-0.2, -0.15) is 5.26 Å². The molecule has 1 unspecified atom stereocenters. The van der Waals surface area contributed by atoms with Crippen LogP contribution in [-0.4, -0.2) is 23.8 Å². The lowest BCUT2D eigenvalue weighted by Gasteiger charge is -2.06. The fraction of sp³-hybridized carbons (Fsp3) is 0.667. The number of nitriles is 1. The third kappa shape index (κ3) is 3.05. The van der Waals surface area contributed by atoms with E-state index in [1.807, 2.05) is 0 Å². The van der Waals surface area contributed by atoms with Crippen LogP contribution in [0.2, 0.25) is 0 Å². The van der Waals surface area contributed by atoms with Crippen LogP contribution in [0.3, 0.4) is 0 Å². The highest BCUT2D eigenvalue weighted by atomic mass is 16.5. The maximum absolute atomic E-state index is 10.2. The molecule has 0 saturated carbocycles. The molecule has 0 bridgehead atoms. The van der Waals surface area contributed by atoms with Crippen molar-refractivity contribution in [2.24, 2.45) is 0 Å². The Morgan fingerprint density at radius 3 is 2.80 bits per heavy atom. The number of carbonyl (C=O) groups is 1. The quantitative estimate of drug-likeness (QED) is 0.618. The summed E-state index contributed by atoms with van der Waals surface area (Å²) in [6, 6.07) is 1.70. The summed E-state index contributed by atoms with van der Waals surface area (Å²) in [4.78, 5) is 10.2. The van der Waals surface area contributed by atoms with E-state index >= 15 is 0 Å². The highest BCUT2D eigenvalue weighted by Gasteiger charge is 2.13. The van der Waals surface area contributed by atoms with Gasteiger partial charge in [-0.1, -0.05) is 6.92 Å². The molecule has 0 aliphatic heterocycles. The Kier molecular flexibility index (Phi) is 4.25. The van der Waals surface area contributed by atoms with Gasteiger partial charge in [-0.15, -0.1) is 0 Å². The minimum absolute atomic E-state index is 0.162. The first kappa shape index (κ1) is 8.92. The number of carboxylic acids is 1. The summed E-state index contributed by atoms with van der Waals surface area (Å²) in [7, 11) is 0. The molecular weight excluding hydrogens is 134 g/mol. The zero-order valence-electron chi connectivity index (χ0n) is 5.70. The van der Waals surface area contributed by atoms with Crippen molar-refractivity contribution in [1.82, 2.24) is 0 Å². The van der Waals surface area contributed by atoms with E-state index in [0.29, 0.717) is 6.42 Å². The molecule has 10 heavy (non-hydrogen) atoms. The Morgan fingerprint density at radius 2 is 2.50 bits per heavy atom. The molecule has 1 atom stereocenters. The minimum atomic E-state index is -1.02. The highest BCUT2D eigenvalue weighted by Crippen LogP contribution is 1.96. The topological polar surface area (TPSA) is 70.3 Å². The van der Waals surface area contributed by atoms with Gasteiger partial charge in [0.05, 0.1) is 6.07 Å². The molecule has 0 rings (SSSR count). The van der Waals surface area contributed by atoms with Crippen LogP contribution in [0.4, 0.5) is 0 Å². The summed E-state index contributed by atoms with van der Waals surface area (Å²) in [5.74, 6) is -1.02. The van der Waals surface area contributed by atoms with E-state index in [-0.39, 0.29) is 6.61 Å². The van der Waals surface area contributed by atoms with Crippen LogP contribution in [0.1, 0.15) is 13.3 Å². The van der Waals surface area contributed by atoms with Crippen LogP contribution in [0.15, 0.2) is 0 Å². The van der Waals surface area contributed by atoms with Gasteiger partial charge in [0.25, 0.3) is 0 Å². The van der Waals surface area contributed by atoms with Gasteiger partial charge >= 0.3 is 5.97 Å². The van der Waals surface area contributed by atoms with Gasteiger partial charge < -0.3 is 9.84 Å². The van der Waals surface area contributed by atoms with E-state index in [0.717, 1.165) is 0 Å². The van der Waals surface area contributed by atoms with Gasteiger partial charge in [-0.3, -0.25) is 0 Å². The molecule has 0 radical (unpaired) electrons. The van der Waals surface area contributed by atoms with Crippen molar-refractivity contribution in [1.29, 1.82) is 5.26 Å². The van der Waals surface area contributed by atoms with Crippen molar-refractivity contribution in [3.63, 3.8) is 0 Å². The zero-order chi connectivity index (χ0) is 7.98. The predicted octanol–water partition coefficient (Wildman–Crippen LogP) is 0.390. The summed E-state index contributed by atoms with van der Waals surface area (Å²) in [5.41, 5.74) is 0. The van der Waals surface area contributed by atoms with Crippen LogP contribution < -0.4 is 0 Å². The second-order valence-corrected chi connectivity index (χ2v) is 1.70. The normalized spacial score (nSPS) is 12.0. The van der Waals surface area contributed by atoms with Crippen molar-refractivity contribution in [3.8, 4) is 6.07 Å². The molecule has 4 nitrogen and oxygen atoms in total. The molecule has 0 spiro atoms. The standard InChI is InChI=1S/C6H9NO3/c1-2-5(6(8)9)10-4-3-7/h5H,2,4H2,1H3,(H,8,9). The lowest BCUT2D eigenvalue weighted by atomic mass is 10.3. The summed E-state index contributed by atoms with van der Waals surface area (Å²) < 4.78 is 4.64. The largest absolute Gasteiger partial charge is 0.479 e. The van der Waals surface area contributed by atoms with E-state index in [1.165, 1.54) is 0 Å². The molecule has 0 aromatic rings. The first-order valence-electron chi connectivity index (χ1n) is 2.93. The van der Waals surface area contributed by atoms with Crippen molar-refractivity contribution in [3.05, 3.63) is 0 Å². The van der Waals surface area contributed by atoms with Gasteiger partial charge in [0.2, 0.25) is 0 Å². The van der Waals surface area contributed by atoms with E-state index in [4.69, 9.17) is 10.4 Å². The summed E-state index contributed by atoms with van der Waals surface area (Å²) in [6.45, 7) is 1.53. The number of hydrogen-bond acceptors (Lipinski definition) is 3. The van der Waals surface area contributed by atoms with Gasteiger partial charge in [0.1, 0.15) is 6.61 Å². The number of rotatable bonds is 4. The smallest absolute Gasteiger partial charge is 0.332 e. The van der Waals surface area contributed by atoms with E-state index in [1.54, 1.807) is 13.0 Å². The Labute approximate surface area is 59.0 Å². The second kappa shape index (κ2) is 4.77. The number of aliphatic carboxylic acids is 1. The number of nitrogens with zero attached hydrogens (tertiary/aromatic N) is 1. The molecule has 0 aromatic heterocycles. The first-order valence-corrected chi connectivity index (χ1v) is 2.93. The lowest BCUT2D eigenvalue weighted by Crippen LogP contribution is -2.22. The molecule has 0 saturated heterocycles. The van der Waals surface area contributed by atoms with Crippen molar-refractivity contribution >= 4 is 5.97 Å². The number of ether oxygens (including phenoxy) is 1. The molecule has 0 aromatic carbocycles. The molecule has 0 amide bonds. The fourth-order valence-electron chi connectivity index (χ4n) is 0.502. The molecule has 56 valence electrons. The van der Waals surface area contributed by atoms with Crippen molar-refractivity contribution in [2.75, 3.05) is 6.61 Å². The molecular formula is C6H9NO3. The number of hydrogen-bond donors (Lipinski definition) is 1. The third-order valence-corrected chi connectivity index (χ3v) is 0.995. The average molecular weight is 143 g/mol. The third-order valence-electron chi connectivity index (χ3n) is 0.995. The summed E-state index contributed by atoms with van der Waals surface area (Å²) in [5, 5.41) is 16.4. The van der Waals surface area contributed by atoms with Crippen LogP contribution in [0, 0.1) is 11.3 Å². The van der Waals surface area contributed by atoms with Crippen LogP contribution in [0.5, 0.6) is 0 Å². The Bertz CT molecular complexity index is 150. The first-order chi connectivity index (χ1) is 4.72. The summed E-state index contributed by atoms with van der Waals surface area (Å²) in [6.07, 6.45) is -0.448. The number of carboxylic acid groups (broad SMARTS) is 1. The van der Waals surface area contributed by atoms with Crippen LogP contribution >= 0.6 is 0 Å². The highest BCUT2D eigenvalue weighted by molar-refractivity contribution is 5.72. The Morgan fingerprint density at radius 1 is 1.90 bits per heavy atom. The SMILES string of the molecule is CCC(OCC#N)C(=O)O. The van der Waals surface area contributed by atoms with Gasteiger partial charge in [-0.25, -0.2) is 4.79 Å². The molecule has 1 N–H and O–H groups in total. The summed E-state index contributed by atoms with van der Waals surface area (Å²) >= 11 is 0. The van der Waals surface area contributed by atoms with E-state index in [2.05, 4.69) is 4.74 Å². The van der Waals surface area contributed by atoms with Crippen LogP contribution in [0.25, 0.3) is 0 Å². The van der Waals surface area contributed by atoms with E-state index in [9.17, 15) is 4.79 Å². The lowest BCUT2D eigenvalue weighted by molar-refractivity contribution is -0.149. The molecule has 0 fully saturated rings. The average Bonchev–Trinajstić information content (AvgIpc) is 1.89. The maximum atomic E-state index is 10.2. The molecule has 0 heterocycles. The van der Waals surface area contributed by atoms with Crippen LogP contribution in [-0.2, 0) is 9.53 Å². The maximum Gasteiger partial charge on any atom is 0.332 e. The van der Waals surface area contributed by atoms with Crippen molar-refractivity contribution in [2.45, 2.75) is 19.4 Å². The minimum Gasteiger partial charge on any atom is -0.479 e. The molecule has 0 aliphatic carbocycles. The molecule has 0 aliphatic rings. The zero-order valence-corrected chi connectivity index (χ0v) is 5.70. The van der Waals surface area contributed by atoms with Gasteiger partial charge in [0, 0.05) is 0 Å². The van der Waals surface area contributed by atoms with Gasteiger partial charge in [-0.05, 0) is 6.42 Å². The fourth-order valence-corrected chi connectivity index (χ4v) is 0.502. The molecule has 4 heteroatoms. The monoisotopic (exact) mass is 143 g/mol. The van der Waals surface area contributed by atoms with Gasteiger partial charge in [0.15, 0.2) is 6.10 Å². The second-order valence-electron chi connectivity index (χ2n) is 1.70.